The molecule has 1 aliphatic rings. The zero-order chi connectivity index (χ0) is 12.1. The van der Waals surface area contributed by atoms with Gasteiger partial charge in [0.25, 0.3) is 0 Å². The predicted molar refractivity (Wildman–Crippen MR) is 66.8 cm³/mol. The van der Waals surface area contributed by atoms with Gasteiger partial charge < -0.3 is 10.6 Å². The second-order valence-electron chi connectivity index (χ2n) is 4.48. The first-order valence-corrected chi connectivity index (χ1v) is 6.19. The number of nitrogens with two attached hydrogens (primary N) is 1. The Balaban J connectivity index is 1.91. The molecular weight excluding hydrogens is 214 g/mol. The predicted octanol–water partition coefficient (Wildman–Crippen LogP) is 0.935. The third-order valence-electron chi connectivity index (χ3n) is 3.32. The van der Waals surface area contributed by atoms with Crippen molar-refractivity contribution in [2.45, 2.75) is 12.8 Å². The van der Waals surface area contributed by atoms with Crippen LogP contribution in [0, 0.1) is 5.92 Å². The number of ketones is 1. The minimum atomic E-state index is 0.138. The van der Waals surface area contributed by atoms with Gasteiger partial charge in [-0.2, -0.15) is 0 Å². The van der Waals surface area contributed by atoms with Crippen molar-refractivity contribution in [3.63, 3.8) is 0 Å². The molecule has 1 saturated heterocycles. The van der Waals surface area contributed by atoms with Gasteiger partial charge in [0.15, 0.2) is 5.78 Å². The summed E-state index contributed by atoms with van der Waals surface area (Å²) < 4.78 is 0. The van der Waals surface area contributed by atoms with Crippen molar-refractivity contribution >= 4 is 5.78 Å². The largest absolute Gasteiger partial charge is 0.329 e. The van der Waals surface area contributed by atoms with E-state index in [0.29, 0.717) is 12.2 Å². The summed E-state index contributed by atoms with van der Waals surface area (Å²) in [6.45, 7) is 3.57. The van der Waals surface area contributed by atoms with Gasteiger partial charge >= 0.3 is 0 Å². The average molecular weight is 233 g/mol. The molecule has 0 aromatic carbocycles. The van der Waals surface area contributed by atoms with Crippen LogP contribution in [0.3, 0.4) is 0 Å². The summed E-state index contributed by atoms with van der Waals surface area (Å²) >= 11 is 0. The van der Waals surface area contributed by atoms with Crippen molar-refractivity contribution in [3.8, 4) is 0 Å². The number of hydrogen-bond donors (Lipinski definition) is 1. The Morgan fingerprint density at radius 2 is 2.18 bits per heavy atom. The maximum atomic E-state index is 12.2. The molecule has 0 amide bonds. The number of rotatable bonds is 4. The minimum Gasteiger partial charge on any atom is -0.329 e. The highest BCUT2D eigenvalue weighted by molar-refractivity contribution is 5.96. The Hall–Kier alpha value is -1.26. The van der Waals surface area contributed by atoms with E-state index in [0.717, 1.165) is 32.5 Å². The molecule has 4 nitrogen and oxygen atoms in total. The van der Waals surface area contributed by atoms with Crippen molar-refractivity contribution in [1.82, 2.24) is 9.88 Å². The van der Waals surface area contributed by atoms with Crippen LogP contribution in [-0.4, -0.2) is 41.8 Å². The molecule has 0 saturated carbocycles. The number of carbonyl (C=O) groups is 1. The van der Waals surface area contributed by atoms with Gasteiger partial charge in [-0.05, 0) is 38.1 Å². The summed E-state index contributed by atoms with van der Waals surface area (Å²) in [5.41, 5.74) is 6.13. The summed E-state index contributed by atoms with van der Waals surface area (Å²) in [6.07, 6.45) is 3.53. The van der Waals surface area contributed by atoms with Crippen LogP contribution in [0.4, 0.5) is 0 Å². The molecule has 92 valence electrons. The molecule has 0 aliphatic carbocycles. The fraction of sp³-hybridized carbons (Fsp3) is 0.538. The first-order chi connectivity index (χ1) is 8.31. The van der Waals surface area contributed by atoms with Crippen LogP contribution in [0.2, 0.25) is 0 Å². The molecule has 1 aliphatic heterocycles. The highest BCUT2D eigenvalue weighted by Crippen LogP contribution is 2.20. The highest BCUT2D eigenvalue weighted by atomic mass is 16.1. The molecule has 4 heteroatoms. The summed E-state index contributed by atoms with van der Waals surface area (Å²) in [5.74, 6) is 0.330. The standard InChI is InChI=1S/C13H19N3O/c14-6-10-16-8-4-11(5-9-16)13(17)12-3-1-2-7-15-12/h1-3,7,11H,4-6,8-10,14H2. The second-order valence-corrected chi connectivity index (χ2v) is 4.48. The number of aromatic nitrogens is 1. The van der Waals surface area contributed by atoms with E-state index in [1.54, 1.807) is 12.3 Å². The zero-order valence-corrected chi connectivity index (χ0v) is 10.0. The maximum absolute atomic E-state index is 12.2. The molecule has 0 atom stereocenters. The van der Waals surface area contributed by atoms with Crippen LogP contribution in [0.25, 0.3) is 0 Å². The molecule has 0 bridgehead atoms. The van der Waals surface area contributed by atoms with Crippen molar-refractivity contribution < 1.29 is 4.79 Å². The van der Waals surface area contributed by atoms with Crippen molar-refractivity contribution in [2.24, 2.45) is 11.7 Å². The summed E-state index contributed by atoms with van der Waals surface area (Å²) in [7, 11) is 0. The number of nitrogens with zero attached hydrogens (tertiary/aromatic N) is 2. The highest BCUT2D eigenvalue weighted by Gasteiger charge is 2.25. The molecule has 2 N–H and O–H groups in total. The van der Waals surface area contributed by atoms with E-state index in [1.807, 2.05) is 12.1 Å². The van der Waals surface area contributed by atoms with E-state index in [9.17, 15) is 4.79 Å². The van der Waals surface area contributed by atoms with Crippen LogP contribution in [0.5, 0.6) is 0 Å². The van der Waals surface area contributed by atoms with E-state index < -0.39 is 0 Å². The van der Waals surface area contributed by atoms with Crippen molar-refractivity contribution in [3.05, 3.63) is 30.1 Å². The van der Waals surface area contributed by atoms with E-state index in [1.165, 1.54) is 0 Å². The number of carbonyl (C=O) groups excluding carboxylic acids is 1. The quantitative estimate of drug-likeness (QED) is 0.786. The van der Waals surface area contributed by atoms with Gasteiger partial charge in [-0.25, -0.2) is 0 Å². The number of pyridine rings is 1. The summed E-state index contributed by atoms with van der Waals surface area (Å²) in [5, 5.41) is 0. The number of piperidine rings is 1. The molecule has 1 aromatic rings. The van der Waals surface area contributed by atoms with Crippen LogP contribution >= 0.6 is 0 Å². The first kappa shape index (κ1) is 12.2. The number of likely N-dealkylation sites (tertiary alicyclic amines) is 1. The molecule has 0 unspecified atom stereocenters. The van der Waals surface area contributed by atoms with E-state index >= 15 is 0 Å². The molecule has 2 heterocycles. The van der Waals surface area contributed by atoms with E-state index in [4.69, 9.17) is 5.73 Å². The smallest absolute Gasteiger partial charge is 0.184 e. The fourth-order valence-corrected chi connectivity index (χ4v) is 2.32. The van der Waals surface area contributed by atoms with E-state index in [-0.39, 0.29) is 11.7 Å². The Kier molecular flexibility index (Phi) is 4.23. The van der Waals surface area contributed by atoms with Crippen molar-refractivity contribution in [2.75, 3.05) is 26.2 Å². The molecule has 17 heavy (non-hydrogen) atoms. The Labute approximate surface area is 102 Å². The number of Topliss-reactive ketones (excluding diaryl/α,β-unsaturated/α-hetero) is 1. The monoisotopic (exact) mass is 233 g/mol. The lowest BCUT2D eigenvalue weighted by atomic mass is 9.91. The molecule has 2 rings (SSSR count). The molecule has 1 fully saturated rings. The van der Waals surface area contributed by atoms with Crippen LogP contribution < -0.4 is 5.73 Å². The summed E-state index contributed by atoms with van der Waals surface area (Å²) in [4.78, 5) is 18.6. The molecular formula is C13H19N3O. The lowest BCUT2D eigenvalue weighted by molar-refractivity contribution is 0.0837. The van der Waals surface area contributed by atoms with Crippen LogP contribution in [0.15, 0.2) is 24.4 Å². The van der Waals surface area contributed by atoms with Gasteiger partial charge in [0.1, 0.15) is 5.69 Å². The fourth-order valence-electron chi connectivity index (χ4n) is 2.32. The van der Waals surface area contributed by atoms with Crippen LogP contribution in [-0.2, 0) is 0 Å². The maximum Gasteiger partial charge on any atom is 0.184 e. The van der Waals surface area contributed by atoms with Gasteiger partial charge in [0.05, 0.1) is 0 Å². The SMILES string of the molecule is NCCN1CCC(C(=O)c2ccccn2)CC1. The second kappa shape index (κ2) is 5.89. The Morgan fingerprint density at radius 3 is 2.76 bits per heavy atom. The first-order valence-electron chi connectivity index (χ1n) is 6.19. The Morgan fingerprint density at radius 1 is 1.41 bits per heavy atom. The molecule has 1 aromatic heterocycles. The zero-order valence-electron chi connectivity index (χ0n) is 10.0. The normalized spacial score (nSPS) is 18.2. The average Bonchev–Trinajstić information content (AvgIpc) is 2.40. The van der Waals surface area contributed by atoms with Gasteiger partial charge in [0, 0.05) is 25.2 Å². The van der Waals surface area contributed by atoms with E-state index in [2.05, 4.69) is 9.88 Å². The summed E-state index contributed by atoms with van der Waals surface area (Å²) in [6, 6.07) is 5.50. The van der Waals surface area contributed by atoms with Crippen molar-refractivity contribution in [1.29, 1.82) is 0 Å². The minimum absolute atomic E-state index is 0.138. The topological polar surface area (TPSA) is 59.2 Å². The van der Waals surface area contributed by atoms with Crippen LogP contribution in [0.1, 0.15) is 23.3 Å². The lowest BCUT2D eigenvalue weighted by Gasteiger charge is -2.30. The van der Waals surface area contributed by atoms with Gasteiger partial charge in [-0.1, -0.05) is 6.07 Å². The third kappa shape index (κ3) is 3.11. The van der Waals surface area contributed by atoms with Gasteiger partial charge in [-0.15, -0.1) is 0 Å². The molecule has 0 spiro atoms. The number of hydrogen-bond acceptors (Lipinski definition) is 4. The molecule has 0 radical (unpaired) electrons. The third-order valence-corrected chi connectivity index (χ3v) is 3.32. The van der Waals surface area contributed by atoms with Gasteiger partial charge in [-0.3, -0.25) is 9.78 Å². The lowest BCUT2D eigenvalue weighted by Crippen LogP contribution is -2.39. The Bertz CT molecular complexity index is 358. The van der Waals surface area contributed by atoms with Gasteiger partial charge in [0.2, 0.25) is 0 Å².